The van der Waals surface area contributed by atoms with E-state index in [0.29, 0.717) is 5.69 Å². The van der Waals surface area contributed by atoms with Crippen LogP contribution in [0.1, 0.15) is 10.5 Å². The molecule has 90 valence electrons. The predicted molar refractivity (Wildman–Crippen MR) is 71.9 cm³/mol. The van der Waals surface area contributed by atoms with E-state index in [1.807, 2.05) is 46.3 Å². The SMILES string of the molecule is CNC(=O)c1csc2nc(-c3ccccc3)cn12. The number of fused-ring (bicyclic) bond motifs is 1. The van der Waals surface area contributed by atoms with Crippen molar-refractivity contribution in [3.05, 3.63) is 47.6 Å². The number of rotatable bonds is 2. The second-order valence-electron chi connectivity index (χ2n) is 3.84. The summed E-state index contributed by atoms with van der Waals surface area (Å²) in [6.07, 6.45) is 1.89. The van der Waals surface area contributed by atoms with Crippen molar-refractivity contribution >= 4 is 22.2 Å². The molecule has 0 aliphatic heterocycles. The van der Waals surface area contributed by atoms with Crippen molar-refractivity contribution in [1.82, 2.24) is 14.7 Å². The van der Waals surface area contributed by atoms with Crippen molar-refractivity contribution in [2.45, 2.75) is 0 Å². The quantitative estimate of drug-likeness (QED) is 0.766. The molecule has 4 nitrogen and oxygen atoms in total. The molecule has 3 aromatic rings. The van der Waals surface area contributed by atoms with E-state index in [4.69, 9.17) is 0 Å². The molecular weight excluding hydrogens is 246 g/mol. The Hall–Kier alpha value is -2.14. The summed E-state index contributed by atoms with van der Waals surface area (Å²) in [4.78, 5) is 17.0. The number of amides is 1. The van der Waals surface area contributed by atoms with Crippen LogP contribution in [0.3, 0.4) is 0 Å². The van der Waals surface area contributed by atoms with Crippen LogP contribution in [0.4, 0.5) is 0 Å². The molecule has 3 rings (SSSR count). The first-order valence-electron chi connectivity index (χ1n) is 5.53. The summed E-state index contributed by atoms with van der Waals surface area (Å²) in [5, 5.41) is 4.44. The van der Waals surface area contributed by atoms with Crippen LogP contribution in [0.5, 0.6) is 0 Å². The number of nitrogens with zero attached hydrogens (tertiary/aromatic N) is 2. The van der Waals surface area contributed by atoms with Gasteiger partial charge in [-0.15, -0.1) is 11.3 Å². The van der Waals surface area contributed by atoms with Crippen LogP contribution in [0.25, 0.3) is 16.2 Å². The molecule has 2 aromatic heterocycles. The fourth-order valence-corrected chi connectivity index (χ4v) is 2.68. The highest BCUT2D eigenvalue weighted by molar-refractivity contribution is 7.15. The summed E-state index contributed by atoms with van der Waals surface area (Å²) in [6.45, 7) is 0. The van der Waals surface area contributed by atoms with Gasteiger partial charge in [0, 0.05) is 24.2 Å². The number of aromatic nitrogens is 2. The number of carbonyl (C=O) groups excluding carboxylic acids is 1. The van der Waals surface area contributed by atoms with E-state index in [2.05, 4.69) is 10.3 Å². The van der Waals surface area contributed by atoms with Crippen LogP contribution in [-0.4, -0.2) is 22.3 Å². The molecule has 5 heteroatoms. The van der Waals surface area contributed by atoms with Gasteiger partial charge in [0.25, 0.3) is 5.91 Å². The van der Waals surface area contributed by atoms with Crippen molar-refractivity contribution in [3.8, 4) is 11.3 Å². The minimum absolute atomic E-state index is 0.0988. The molecule has 0 bridgehead atoms. The minimum Gasteiger partial charge on any atom is -0.354 e. The lowest BCUT2D eigenvalue weighted by Crippen LogP contribution is -2.19. The van der Waals surface area contributed by atoms with Gasteiger partial charge < -0.3 is 5.32 Å². The number of thiazole rings is 1. The van der Waals surface area contributed by atoms with Crippen molar-refractivity contribution in [2.75, 3.05) is 7.05 Å². The van der Waals surface area contributed by atoms with Gasteiger partial charge >= 0.3 is 0 Å². The molecule has 1 aromatic carbocycles. The lowest BCUT2D eigenvalue weighted by atomic mass is 10.2. The fourth-order valence-electron chi connectivity index (χ4n) is 1.82. The van der Waals surface area contributed by atoms with Gasteiger partial charge in [-0.3, -0.25) is 9.20 Å². The van der Waals surface area contributed by atoms with Crippen LogP contribution < -0.4 is 5.32 Å². The van der Waals surface area contributed by atoms with Gasteiger partial charge in [0.15, 0.2) is 4.96 Å². The van der Waals surface area contributed by atoms with E-state index in [1.165, 1.54) is 11.3 Å². The smallest absolute Gasteiger partial charge is 0.268 e. The van der Waals surface area contributed by atoms with Crippen LogP contribution >= 0.6 is 11.3 Å². The molecule has 0 saturated heterocycles. The molecule has 18 heavy (non-hydrogen) atoms. The van der Waals surface area contributed by atoms with Gasteiger partial charge in [0.1, 0.15) is 5.69 Å². The summed E-state index contributed by atoms with van der Waals surface area (Å²) in [6, 6.07) is 9.93. The van der Waals surface area contributed by atoms with Crippen molar-refractivity contribution in [1.29, 1.82) is 0 Å². The Morgan fingerprint density at radius 3 is 2.83 bits per heavy atom. The Morgan fingerprint density at radius 2 is 2.11 bits per heavy atom. The molecule has 0 aliphatic rings. The topological polar surface area (TPSA) is 46.4 Å². The highest BCUT2D eigenvalue weighted by Gasteiger charge is 2.13. The normalized spacial score (nSPS) is 10.7. The van der Waals surface area contributed by atoms with E-state index in [9.17, 15) is 4.79 Å². The zero-order chi connectivity index (χ0) is 12.5. The third kappa shape index (κ3) is 1.69. The zero-order valence-corrected chi connectivity index (χ0v) is 10.6. The number of benzene rings is 1. The van der Waals surface area contributed by atoms with E-state index in [1.54, 1.807) is 7.05 Å². The Morgan fingerprint density at radius 1 is 1.33 bits per heavy atom. The molecule has 1 N–H and O–H groups in total. The van der Waals surface area contributed by atoms with Crippen molar-refractivity contribution in [3.63, 3.8) is 0 Å². The van der Waals surface area contributed by atoms with Gasteiger partial charge in [0.05, 0.1) is 5.69 Å². The maximum Gasteiger partial charge on any atom is 0.268 e. The molecule has 1 amide bonds. The number of hydrogen-bond acceptors (Lipinski definition) is 3. The standard InChI is InChI=1S/C13H11N3OS/c1-14-12(17)11-8-18-13-15-10(7-16(11)13)9-5-3-2-4-6-9/h2-8H,1H3,(H,14,17). The Labute approximate surface area is 108 Å². The Balaban J connectivity index is 2.13. The van der Waals surface area contributed by atoms with E-state index in [-0.39, 0.29) is 5.91 Å². The second kappa shape index (κ2) is 4.27. The Kier molecular flexibility index (Phi) is 2.60. The average Bonchev–Trinajstić information content (AvgIpc) is 2.98. The van der Waals surface area contributed by atoms with Crippen LogP contribution in [0.15, 0.2) is 41.9 Å². The van der Waals surface area contributed by atoms with Gasteiger partial charge in [-0.05, 0) is 0 Å². The molecule has 0 saturated carbocycles. The van der Waals surface area contributed by atoms with Gasteiger partial charge in [-0.25, -0.2) is 4.98 Å². The summed E-state index contributed by atoms with van der Waals surface area (Å²) in [5.74, 6) is -0.0988. The zero-order valence-electron chi connectivity index (χ0n) is 9.75. The number of imidazole rings is 1. The first-order valence-corrected chi connectivity index (χ1v) is 6.41. The minimum atomic E-state index is -0.0988. The van der Waals surface area contributed by atoms with Crippen LogP contribution in [0.2, 0.25) is 0 Å². The third-order valence-corrected chi connectivity index (χ3v) is 3.58. The van der Waals surface area contributed by atoms with E-state index in [0.717, 1.165) is 16.2 Å². The monoisotopic (exact) mass is 257 g/mol. The summed E-state index contributed by atoms with van der Waals surface area (Å²) in [7, 11) is 1.63. The molecule has 0 atom stereocenters. The maximum absolute atomic E-state index is 11.7. The second-order valence-corrected chi connectivity index (χ2v) is 4.68. The summed E-state index contributed by atoms with van der Waals surface area (Å²) < 4.78 is 1.83. The third-order valence-electron chi connectivity index (χ3n) is 2.74. The maximum atomic E-state index is 11.7. The summed E-state index contributed by atoms with van der Waals surface area (Å²) in [5.41, 5.74) is 2.55. The number of carbonyl (C=O) groups is 1. The molecule has 2 heterocycles. The average molecular weight is 257 g/mol. The predicted octanol–water partition coefficient (Wildman–Crippen LogP) is 2.42. The first kappa shape index (κ1) is 11.0. The molecule has 0 unspecified atom stereocenters. The van der Waals surface area contributed by atoms with E-state index < -0.39 is 0 Å². The largest absolute Gasteiger partial charge is 0.354 e. The highest BCUT2D eigenvalue weighted by atomic mass is 32.1. The fraction of sp³-hybridized carbons (Fsp3) is 0.0769. The molecule has 0 spiro atoms. The van der Waals surface area contributed by atoms with Crippen molar-refractivity contribution < 1.29 is 4.79 Å². The van der Waals surface area contributed by atoms with Crippen molar-refractivity contribution in [2.24, 2.45) is 0 Å². The molecule has 0 fully saturated rings. The highest BCUT2D eigenvalue weighted by Crippen LogP contribution is 2.23. The number of hydrogen-bond donors (Lipinski definition) is 1. The van der Waals surface area contributed by atoms with Crippen LogP contribution in [0, 0.1) is 0 Å². The van der Waals surface area contributed by atoms with Gasteiger partial charge in [-0.2, -0.15) is 0 Å². The van der Waals surface area contributed by atoms with Crippen LogP contribution in [-0.2, 0) is 0 Å². The van der Waals surface area contributed by atoms with Gasteiger partial charge in [-0.1, -0.05) is 30.3 Å². The van der Waals surface area contributed by atoms with Gasteiger partial charge in [0.2, 0.25) is 0 Å². The molecular formula is C13H11N3OS. The molecule has 0 aliphatic carbocycles. The lowest BCUT2D eigenvalue weighted by Gasteiger charge is -1.96. The Bertz CT molecular complexity index is 699. The summed E-state index contributed by atoms with van der Waals surface area (Å²) >= 11 is 1.46. The lowest BCUT2D eigenvalue weighted by molar-refractivity contribution is 0.0957. The van der Waals surface area contributed by atoms with E-state index >= 15 is 0 Å². The first-order chi connectivity index (χ1) is 8.79. The number of nitrogens with one attached hydrogen (secondary N) is 1. The molecule has 0 radical (unpaired) electrons.